The van der Waals surface area contributed by atoms with Gasteiger partial charge in [0.1, 0.15) is 0 Å². The normalized spacial score (nSPS) is 18.9. The maximum atomic E-state index is 13.6. The van der Waals surface area contributed by atoms with E-state index >= 15 is 0 Å². The molecule has 1 atom stereocenters. The number of methoxy groups -OCH3 is 1. The molecule has 2 nitrogen and oxygen atoms in total. The molecular weight excluding hydrogens is 241 g/mol. The minimum atomic E-state index is -0.298. The molecule has 1 aromatic carbocycles. The Kier molecular flexibility index (Phi) is 5.20. The van der Waals surface area contributed by atoms with Gasteiger partial charge < -0.3 is 10.5 Å². The SMILES string of the molecule is COc1ccc(CC(N)C2CCCCCC2)cc1F. The number of benzene rings is 1. The summed E-state index contributed by atoms with van der Waals surface area (Å²) in [6, 6.07) is 5.30. The largest absolute Gasteiger partial charge is 0.494 e. The van der Waals surface area contributed by atoms with Crippen LogP contribution in [0, 0.1) is 11.7 Å². The summed E-state index contributed by atoms with van der Waals surface area (Å²) in [5.74, 6) is 0.590. The minimum Gasteiger partial charge on any atom is -0.494 e. The average Bonchev–Trinajstić information content (AvgIpc) is 2.68. The third kappa shape index (κ3) is 3.93. The third-order valence-electron chi connectivity index (χ3n) is 4.19. The molecule has 0 heterocycles. The van der Waals surface area contributed by atoms with Crippen molar-refractivity contribution in [1.29, 1.82) is 0 Å². The van der Waals surface area contributed by atoms with Crippen molar-refractivity contribution < 1.29 is 9.13 Å². The van der Waals surface area contributed by atoms with Gasteiger partial charge in [-0.2, -0.15) is 0 Å². The molecular formula is C16H24FNO. The lowest BCUT2D eigenvalue weighted by atomic mass is 9.88. The van der Waals surface area contributed by atoms with Crippen LogP contribution in [0.2, 0.25) is 0 Å². The van der Waals surface area contributed by atoms with Crippen LogP contribution in [0.5, 0.6) is 5.75 Å². The monoisotopic (exact) mass is 265 g/mol. The van der Waals surface area contributed by atoms with E-state index in [-0.39, 0.29) is 11.9 Å². The Morgan fingerprint density at radius 2 is 1.95 bits per heavy atom. The van der Waals surface area contributed by atoms with Crippen LogP contribution in [-0.2, 0) is 6.42 Å². The number of nitrogens with two attached hydrogens (primary N) is 1. The van der Waals surface area contributed by atoms with E-state index in [0.29, 0.717) is 11.7 Å². The zero-order chi connectivity index (χ0) is 13.7. The molecule has 0 aliphatic heterocycles. The summed E-state index contributed by atoms with van der Waals surface area (Å²) < 4.78 is 18.6. The topological polar surface area (TPSA) is 35.2 Å². The van der Waals surface area contributed by atoms with E-state index in [9.17, 15) is 4.39 Å². The molecule has 0 saturated heterocycles. The van der Waals surface area contributed by atoms with Crippen LogP contribution in [0.15, 0.2) is 18.2 Å². The third-order valence-corrected chi connectivity index (χ3v) is 4.19. The first-order valence-corrected chi connectivity index (χ1v) is 7.28. The molecule has 1 aromatic rings. The molecule has 1 aliphatic carbocycles. The second kappa shape index (κ2) is 6.90. The Balaban J connectivity index is 1.97. The zero-order valence-corrected chi connectivity index (χ0v) is 11.7. The molecule has 1 aliphatic rings. The Bertz CT molecular complexity index is 400. The molecule has 2 rings (SSSR count). The molecule has 0 radical (unpaired) electrons. The molecule has 2 N–H and O–H groups in total. The predicted octanol–water partition coefficient (Wildman–Crippen LogP) is 3.67. The van der Waals surface area contributed by atoms with Crippen molar-refractivity contribution in [2.45, 2.75) is 51.0 Å². The first-order chi connectivity index (χ1) is 9.20. The van der Waals surface area contributed by atoms with Crippen molar-refractivity contribution >= 4 is 0 Å². The molecule has 0 amide bonds. The molecule has 0 aromatic heterocycles. The van der Waals surface area contributed by atoms with Crippen LogP contribution in [0.25, 0.3) is 0 Å². The van der Waals surface area contributed by atoms with Crippen molar-refractivity contribution in [3.8, 4) is 5.75 Å². The highest BCUT2D eigenvalue weighted by Gasteiger charge is 2.20. The molecule has 19 heavy (non-hydrogen) atoms. The Morgan fingerprint density at radius 1 is 1.26 bits per heavy atom. The van der Waals surface area contributed by atoms with E-state index in [4.69, 9.17) is 10.5 Å². The number of ether oxygens (including phenoxy) is 1. The van der Waals surface area contributed by atoms with Gasteiger partial charge in [-0.3, -0.25) is 0 Å². The van der Waals surface area contributed by atoms with Crippen LogP contribution < -0.4 is 10.5 Å². The Hall–Kier alpha value is -1.09. The second-order valence-corrected chi connectivity index (χ2v) is 5.59. The lowest BCUT2D eigenvalue weighted by Gasteiger charge is -2.22. The Morgan fingerprint density at radius 3 is 2.53 bits per heavy atom. The molecule has 0 bridgehead atoms. The first kappa shape index (κ1) is 14.3. The number of rotatable bonds is 4. The van der Waals surface area contributed by atoms with E-state index < -0.39 is 0 Å². The molecule has 1 unspecified atom stereocenters. The van der Waals surface area contributed by atoms with Gasteiger partial charge in [-0.1, -0.05) is 31.7 Å². The lowest BCUT2D eigenvalue weighted by Crippen LogP contribution is -2.32. The van der Waals surface area contributed by atoms with Gasteiger partial charge in [0.2, 0.25) is 0 Å². The molecule has 3 heteroatoms. The van der Waals surface area contributed by atoms with Gasteiger partial charge in [0.25, 0.3) is 0 Å². The van der Waals surface area contributed by atoms with E-state index in [1.54, 1.807) is 12.1 Å². The highest BCUT2D eigenvalue weighted by atomic mass is 19.1. The minimum absolute atomic E-state index is 0.144. The van der Waals surface area contributed by atoms with Crippen molar-refractivity contribution in [2.24, 2.45) is 11.7 Å². The second-order valence-electron chi connectivity index (χ2n) is 5.59. The van der Waals surface area contributed by atoms with Gasteiger partial charge in [-0.05, 0) is 42.9 Å². The van der Waals surface area contributed by atoms with Crippen LogP contribution in [0.3, 0.4) is 0 Å². The average molecular weight is 265 g/mol. The maximum absolute atomic E-state index is 13.6. The lowest BCUT2D eigenvalue weighted by molar-refractivity contribution is 0.370. The quantitative estimate of drug-likeness (QED) is 0.843. The first-order valence-electron chi connectivity index (χ1n) is 7.28. The summed E-state index contributed by atoms with van der Waals surface area (Å²) in [6.07, 6.45) is 8.44. The van der Waals surface area contributed by atoms with E-state index in [1.807, 2.05) is 6.07 Å². The van der Waals surface area contributed by atoms with Crippen LogP contribution >= 0.6 is 0 Å². The van der Waals surface area contributed by atoms with Crippen LogP contribution in [0.4, 0.5) is 4.39 Å². The standard InChI is InChI=1S/C16H24FNO/c1-19-16-9-8-12(10-14(16)17)11-15(18)13-6-4-2-3-5-7-13/h8-10,13,15H,2-7,11,18H2,1H3. The molecule has 106 valence electrons. The van der Waals surface area contributed by atoms with Gasteiger partial charge >= 0.3 is 0 Å². The predicted molar refractivity (Wildman–Crippen MR) is 75.8 cm³/mol. The van der Waals surface area contributed by atoms with E-state index in [0.717, 1.165) is 12.0 Å². The maximum Gasteiger partial charge on any atom is 0.165 e. The summed E-state index contributed by atoms with van der Waals surface area (Å²) in [7, 11) is 1.48. The smallest absolute Gasteiger partial charge is 0.165 e. The van der Waals surface area contributed by atoms with Crippen molar-refractivity contribution in [3.05, 3.63) is 29.6 Å². The van der Waals surface area contributed by atoms with E-state index in [1.165, 1.54) is 45.6 Å². The van der Waals surface area contributed by atoms with Gasteiger partial charge in [-0.25, -0.2) is 4.39 Å². The fourth-order valence-corrected chi connectivity index (χ4v) is 3.01. The van der Waals surface area contributed by atoms with Crippen molar-refractivity contribution in [3.63, 3.8) is 0 Å². The summed E-state index contributed by atoms with van der Waals surface area (Å²) in [6.45, 7) is 0. The van der Waals surface area contributed by atoms with E-state index in [2.05, 4.69) is 0 Å². The summed E-state index contributed by atoms with van der Waals surface area (Å²) in [4.78, 5) is 0. The van der Waals surface area contributed by atoms with Gasteiger partial charge in [-0.15, -0.1) is 0 Å². The molecule has 1 fully saturated rings. The zero-order valence-electron chi connectivity index (χ0n) is 11.7. The highest BCUT2D eigenvalue weighted by Crippen LogP contribution is 2.27. The summed E-state index contributed by atoms with van der Waals surface area (Å²) >= 11 is 0. The highest BCUT2D eigenvalue weighted by molar-refractivity contribution is 5.29. The Labute approximate surface area is 115 Å². The fourth-order valence-electron chi connectivity index (χ4n) is 3.01. The van der Waals surface area contributed by atoms with Crippen molar-refractivity contribution in [1.82, 2.24) is 0 Å². The number of hydrogen-bond donors (Lipinski definition) is 1. The number of halogens is 1. The summed E-state index contributed by atoms with van der Waals surface area (Å²) in [5, 5.41) is 0. The van der Waals surface area contributed by atoms with Crippen LogP contribution in [-0.4, -0.2) is 13.2 Å². The van der Waals surface area contributed by atoms with Crippen molar-refractivity contribution in [2.75, 3.05) is 7.11 Å². The van der Waals surface area contributed by atoms with Gasteiger partial charge in [0.05, 0.1) is 7.11 Å². The molecule has 0 spiro atoms. The summed E-state index contributed by atoms with van der Waals surface area (Å²) in [5.41, 5.74) is 7.28. The molecule has 1 saturated carbocycles. The van der Waals surface area contributed by atoms with Crippen LogP contribution in [0.1, 0.15) is 44.1 Å². The fraction of sp³-hybridized carbons (Fsp3) is 0.625. The van der Waals surface area contributed by atoms with Gasteiger partial charge in [0, 0.05) is 6.04 Å². The number of hydrogen-bond acceptors (Lipinski definition) is 2. The van der Waals surface area contributed by atoms with Gasteiger partial charge in [0.15, 0.2) is 11.6 Å².